The average Bonchev–Trinajstić information content (AvgIpc) is 3.09. The number of rotatable bonds is 6. The molecule has 2 rings (SSSR count). The number of hydrogen-bond acceptors (Lipinski definition) is 4. The summed E-state index contributed by atoms with van der Waals surface area (Å²) in [6, 6.07) is 3.56. The topological polar surface area (TPSA) is 53.5 Å². The quantitative estimate of drug-likeness (QED) is 0.741. The first kappa shape index (κ1) is 18.5. The summed E-state index contributed by atoms with van der Waals surface area (Å²) in [5.41, 5.74) is 1.87. The van der Waals surface area contributed by atoms with E-state index in [1.807, 2.05) is 39.1 Å². The van der Waals surface area contributed by atoms with Crippen molar-refractivity contribution in [2.24, 2.45) is 0 Å². The van der Waals surface area contributed by atoms with Gasteiger partial charge in [0, 0.05) is 37.3 Å². The third-order valence-electron chi connectivity index (χ3n) is 4.14. The number of nitrogens with zero attached hydrogens (tertiary/aromatic N) is 3. The first-order chi connectivity index (χ1) is 11.5. The minimum Gasteiger partial charge on any atom is -0.344 e. The molecule has 1 aromatic rings. The van der Waals surface area contributed by atoms with Gasteiger partial charge in [0.25, 0.3) is 5.91 Å². The van der Waals surface area contributed by atoms with E-state index in [0.717, 1.165) is 24.0 Å². The maximum absolute atomic E-state index is 12.7. The van der Waals surface area contributed by atoms with E-state index in [2.05, 4.69) is 4.98 Å². The zero-order valence-corrected chi connectivity index (χ0v) is 15.4. The number of amides is 2. The van der Waals surface area contributed by atoms with Crippen molar-refractivity contribution in [3.63, 3.8) is 0 Å². The molecule has 1 aromatic heterocycles. The standard InChI is InChI=1S/C18H25N3O2S/c1-4-5-14(2)17(22)21-13-24-12-16(21)18(23)20(3)11-8-15-6-9-19-10-7-15/h5-7,9-10,16H,4,8,11-13H2,1-3H3/b14-5+. The minimum atomic E-state index is -0.356. The van der Waals surface area contributed by atoms with Crippen molar-refractivity contribution >= 4 is 23.6 Å². The second-order valence-corrected chi connectivity index (χ2v) is 6.95. The van der Waals surface area contributed by atoms with Crippen molar-refractivity contribution in [2.75, 3.05) is 25.2 Å². The van der Waals surface area contributed by atoms with Gasteiger partial charge >= 0.3 is 0 Å². The van der Waals surface area contributed by atoms with E-state index in [1.165, 1.54) is 0 Å². The number of thioether (sulfide) groups is 1. The Hall–Kier alpha value is -1.82. The summed E-state index contributed by atoms with van der Waals surface area (Å²) in [5.74, 6) is 1.25. The molecular weight excluding hydrogens is 322 g/mol. The molecular formula is C18H25N3O2S. The molecule has 0 N–H and O–H groups in total. The number of allylic oxidation sites excluding steroid dienone is 1. The van der Waals surface area contributed by atoms with Crippen LogP contribution in [0.2, 0.25) is 0 Å². The monoisotopic (exact) mass is 347 g/mol. The number of aromatic nitrogens is 1. The maximum Gasteiger partial charge on any atom is 0.250 e. The first-order valence-corrected chi connectivity index (χ1v) is 9.39. The van der Waals surface area contributed by atoms with Gasteiger partial charge in [-0.05, 0) is 37.5 Å². The molecule has 0 saturated carbocycles. The van der Waals surface area contributed by atoms with Crippen LogP contribution in [0.4, 0.5) is 0 Å². The van der Waals surface area contributed by atoms with Crippen LogP contribution in [0.5, 0.6) is 0 Å². The van der Waals surface area contributed by atoms with Crippen LogP contribution in [0.25, 0.3) is 0 Å². The molecule has 24 heavy (non-hydrogen) atoms. The fourth-order valence-electron chi connectivity index (χ4n) is 2.68. The van der Waals surface area contributed by atoms with Crippen LogP contribution in [-0.4, -0.2) is 57.9 Å². The molecule has 1 atom stereocenters. The molecule has 1 aliphatic rings. The molecule has 0 aliphatic carbocycles. The van der Waals surface area contributed by atoms with E-state index in [9.17, 15) is 9.59 Å². The molecule has 2 amide bonds. The molecule has 6 heteroatoms. The molecule has 5 nitrogen and oxygen atoms in total. The molecule has 0 spiro atoms. The van der Waals surface area contributed by atoms with Crippen LogP contribution >= 0.6 is 11.8 Å². The minimum absolute atomic E-state index is 0.0201. The number of likely N-dealkylation sites (N-methyl/N-ethyl adjacent to an activating group) is 1. The summed E-state index contributed by atoms with van der Waals surface area (Å²) < 4.78 is 0. The third kappa shape index (κ3) is 4.60. The molecule has 1 fully saturated rings. The zero-order chi connectivity index (χ0) is 17.5. The Morgan fingerprint density at radius 3 is 2.79 bits per heavy atom. The van der Waals surface area contributed by atoms with Gasteiger partial charge in [-0.1, -0.05) is 13.0 Å². The predicted octanol–water partition coefficient (Wildman–Crippen LogP) is 2.34. The van der Waals surface area contributed by atoms with E-state index in [-0.39, 0.29) is 17.9 Å². The van der Waals surface area contributed by atoms with Gasteiger partial charge in [-0.3, -0.25) is 14.6 Å². The van der Waals surface area contributed by atoms with Gasteiger partial charge < -0.3 is 9.80 Å². The predicted molar refractivity (Wildman–Crippen MR) is 97.6 cm³/mol. The molecule has 0 radical (unpaired) electrons. The van der Waals surface area contributed by atoms with Crippen molar-refractivity contribution < 1.29 is 9.59 Å². The van der Waals surface area contributed by atoms with Gasteiger partial charge in [-0.2, -0.15) is 0 Å². The third-order valence-corrected chi connectivity index (χ3v) is 5.15. The van der Waals surface area contributed by atoms with Crippen LogP contribution in [0.3, 0.4) is 0 Å². The lowest BCUT2D eigenvalue weighted by Gasteiger charge is -2.27. The van der Waals surface area contributed by atoms with Crippen LogP contribution in [0.1, 0.15) is 25.8 Å². The van der Waals surface area contributed by atoms with Gasteiger partial charge in [-0.25, -0.2) is 0 Å². The van der Waals surface area contributed by atoms with Gasteiger partial charge in [0.1, 0.15) is 6.04 Å². The second kappa shape index (κ2) is 8.87. The van der Waals surface area contributed by atoms with Gasteiger partial charge in [0.2, 0.25) is 5.91 Å². The lowest BCUT2D eigenvalue weighted by molar-refractivity contribution is -0.140. The Balaban J connectivity index is 1.96. The van der Waals surface area contributed by atoms with E-state index < -0.39 is 0 Å². The molecule has 1 saturated heterocycles. The van der Waals surface area contributed by atoms with Crippen molar-refractivity contribution in [1.82, 2.24) is 14.8 Å². The van der Waals surface area contributed by atoms with Crippen LogP contribution < -0.4 is 0 Å². The maximum atomic E-state index is 12.7. The average molecular weight is 347 g/mol. The summed E-state index contributed by atoms with van der Waals surface area (Å²) in [5, 5.41) is 0. The normalized spacial score (nSPS) is 17.9. The molecule has 0 bridgehead atoms. The molecule has 1 unspecified atom stereocenters. The van der Waals surface area contributed by atoms with Crippen molar-refractivity contribution in [3.05, 3.63) is 41.7 Å². The van der Waals surface area contributed by atoms with E-state index in [4.69, 9.17) is 0 Å². The van der Waals surface area contributed by atoms with Gasteiger partial charge in [0.05, 0.1) is 5.88 Å². The number of carbonyl (C=O) groups is 2. The Labute approximate surface area is 148 Å². The highest BCUT2D eigenvalue weighted by atomic mass is 32.2. The van der Waals surface area contributed by atoms with Crippen molar-refractivity contribution in [3.8, 4) is 0 Å². The Bertz CT molecular complexity index is 604. The smallest absolute Gasteiger partial charge is 0.250 e. The van der Waals surface area contributed by atoms with Gasteiger partial charge in [0.15, 0.2) is 0 Å². The number of pyridine rings is 1. The number of carbonyl (C=O) groups excluding carboxylic acids is 2. The summed E-state index contributed by atoms with van der Waals surface area (Å²) >= 11 is 1.64. The SMILES string of the molecule is CC/C=C(\C)C(=O)N1CSCC1C(=O)N(C)CCc1ccncc1. The lowest BCUT2D eigenvalue weighted by atomic mass is 10.1. The lowest BCUT2D eigenvalue weighted by Crippen LogP contribution is -2.48. The Morgan fingerprint density at radius 2 is 2.12 bits per heavy atom. The summed E-state index contributed by atoms with van der Waals surface area (Å²) in [6.45, 7) is 4.46. The summed E-state index contributed by atoms with van der Waals surface area (Å²) in [6.07, 6.45) is 7.04. The van der Waals surface area contributed by atoms with Crippen molar-refractivity contribution in [1.29, 1.82) is 0 Å². The summed E-state index contributed by atoms with van der Waals surface area (Å²) in [7, 11) is 1.81. The molecule has 2 heterocycles. The Morgan fingerprint density at radius 1 is 1.42 bits per heavy atom. The second-order valence-electron chi connectivity index (χ2n) is 5.95. The van der Waals surface area contributed by atoms with Crippen LogP contribution in [0, 0.1) is 0 Å². The largest absolute Gasteiger partial charge is 0.344 e. The van der Waals surface area contributed by atoms with E-state index >= 15 is 0 Å². The fraction of sp³-hybridized carbons (Fsp3) is 0.500. The number of hydrogen-bond donors (Lipinski definition) is 0. The zero-order valence-electron chi connectivity index (χ0n) is 14.6. The highest BCUT2D eigenvalue weighted by Crippen LogP contribution is 2.24. The highest BCUT2D eigenvalue weighted by molar-refractivity contribution is 7.99. The highest BCUT2D eigenvalue weighted by Gasteiger charge is 2.36. The van der Waals surface area contributed by atoms with Gasteiger partial charge in [-0.15, -0.1) is 11.8 Å². The van der Waals surface area contributed by atoms with E-state index in [0.29, 0.717) is 18.2 Å². The molecule has 0 aromatic carbocycles. The fourth-order valence-corrected chi connectivity index (χ4v) is 3.82. The van der Waals surface area contributed by atoms with Crippen molar-refractivity contribution in [2.45, 2.75) is 32.7 Å². The van der Waals surface area contributed by atoms with Crippen LogP contribution in [-0.2, 0) is 16.0 Å². The summed E-state index contributed by atoms with van der Waals surface area (Å²) in [4.78, 5) is 32.7. The Kier molecular flexibility index (Phi) is 6.85. The molecule has 130 valence electrons. The van der Waals surface area contributed by atoms with E-state index in [1.54, 1.807) is 34.0 Å². The molecule has 1 aliphatic heterocycles. The van der Waals surface area contributed by atoms with Crippen LogP contribution in [0.15, 0.2) is 36.2 Å². The first-order valence-electron chi connectivity index (χ1n) is 8.24.